The van der Waals surface area contributed by atoms with Crippen LogP contribution >= 0.6 is 0 Å². The van der Waals surface area contributed by atoms with Gasteiger partial charge in [-0.15, -0.1) is 0 Å². The number of carbonyl (C=O) groups is 1. The number of hydrogen-bond donors (Lipinski definition) is 1. The van der Waals surface area contributed by atoms with Gasteiger partial charge in [0, 0.05) is 19.3 Å². The van der Waals surface area contributed by atoms with Crippen molar-refractivity contribution < 1.29 is 9.53 Å². The normalized spacial score (nSPS) is 26.5. The van der Waals surface area contributed by atoms with Gasteiger partial charge >= 0.3 is 0 Å². The number of hydrazine groups is 1. The SMILES string of the molecule is COC1=CC=CN2NC(c3cccc(C#N)c3)(C3(C(=O)N4CCCC4)CC3)N=C12. The molecule has 7 nitrogen and oxygen atoms in total. The lowest BCUT2D eigenvalue weighted by molar-refractivity contribution is -0.140. The number of likely N-dealkylation sites (tertiary alicyclic amines) is 1. The van der Waals surface area contributed by atoms with Crippen LogP contribution in [0.5, 0.6) is 0 Å². The summed E-state index contributed by atoms with van der Waals surface area (Å²) in [7, 11) is 1.62. The molecule has 0 radical (unpaired) electrons. The van der Waals surface area contributed by atoms with E-state index in [-0.39, 0.29) is 5.91 Å². The van der Waals surface area contributed by atoms with E-state index < -0.39 is 11.1 Å². The standard InChI is InChI=1S/C22H23N5O2/c1-29-18-8-5-13-27-19(18)24-22(25-27,17-7-4-6-16(14-17)15-23)21(9-10-21)20(28)26-11-2-3-12-26/h4-8,13-14,25H,2-3,9-12H2,1H3. The van der Waals surface area contributed by atoms with E-state index in [4.69, 9.17) is 9.73 Å². The highest BCUT2D eigenvalue weighted by atomic mass is 16.5. The van der Waals surface area contributed by atoms with E-state index in [1.165, 1.54) is 0 Å². The van der Waals surface area contributed by atoms with Crippen molar-refractivity contribution in [3.8, 4) is 6.07 Å². The highest BCUT2D eigenvalue weighted by molar-refractivity contribution is 6.00. The average Bonchev–Trinajstić information content (AvgIpc) is 3.22. The van der Waals surface area contributed by atoms with Gasteiger partial charge in [-0.1, -0.05) is 12.1 Å². The Bertz CT molecular complexity index is 995. The summed E-state index contributed by atoms with van der Waals surface area (Å²) < 4.78 is 5.52. The quantitative estimate of drug-likeness (QED) is 0.855. The van der Waals surface area contributed by atoms with E-state index in [9.17, 15) is 10.1 Å². The minimum Gasteiger partial charge on any atom is -0.493 e. The number of amidine groups is 1. The van der Waals surface area contributed by atoms with Crippen molar-refractivity contribution in [2.24, 2.45) is 10.4 Å². The maximum atomic E-state index is 13.7. The molecule has 0 aromatic heterocycles. The Labute approximate surface area is 169 Å². The number of fused-ring (bicyclic) bond motifs is 1. The van der Waals surface area contributed by atoms with Crippen LogP contribution in [0.15, 0.2) is 53.4 Å². The number of ether oxygens (including phenoxy) is 1. The number of methoxy groups -OCH3 is 1. The number of nitriles is 1. The van der Waals surface area contributed by atoms with Crippen molar-refractivity contribution in [2.45, 2.75) is 31.3 Å². The second-order valence-electron chi connectivity index (χ2n) is 7.98. The average molecular weight is 389 g/mol. The van der Waals surface area contributed by atoms with E-state index in [1.54, 1.807) is 13.2 Å². The van der Waals surface area contributed by atoms with E-state index in [0.717, 1.165) is 44.3 Å². The molecular formula is C22H23N5O2. The van der Waals surface area contributed by atoms with Gasteiger partial charge in [0.25, 0.3) is 0 Å². The largest absolute Gasteiger partial charge is 0.493 e. The molecule has 1 unspecified atom stereocenters. The zero-order valence-corrected chi connectivity index (χ0v) is 16.4. The molecule has 1 aromatic carbocycles. The van der Waals surface area contributed by atoms with Crippen molar-refractivity contribution in [2.75, 3.05) is 20.2 Å². The summed E-state index contributed by atoms with van der Waals surface area (Å²) in [6.45, 7) is 1.61. The molecule has 1 aliphatic carbocycles. The first-order valence-electron chi connectivity index (χ1n) is 10.0. The number of nitrogens with one attached hydrogen (secondary N) is 1. The highest BCUT2D eigenvalue weighted by Gasteiger charge is 2.69. The van der Waals surface area contributed by atoms with Crippen LogP contribution in [0.3, 0.4) is 0 Å². The molecule has 4 aliphatic rings. The van der Waals surface area contributed by atoms with Crippen LogP contribution in [0.2, 0.25) is 0 Å². The van der Waals surface area contributed by atoms with E-state index in [2.05, 4.69) is 11.5 Å². The van der Waals surface area contributed by atoms with Gasteiger partial charge in [0.1, 0.15) is 0 Å². The van der Waals surface area contributed by atoms with Crippen molar-refractivity contribution in [1.82, 2.24) is 15.3 Å². The Hall–Kier alpha value is -3.11. The molecule has 2 fully saturated rings. The fraction of sp³-hybridized carbons (Fsp3) is 0.409. The third kappa shape index (κ3) is 2.52. The first-order chi connectivity index (χ1) is 14.1. The van der Waals surface area contributed by atoms with Crippen LogP contribution in [0.25, 0.3) is 0 Å². The van der Waals surface area contributed by atoms with Crippen LogP contribution in [0.1, 0.15) is 36.8 Å². The summed E-state index contributed by atoms with van der Waals surface area (Å²) in [6, 6.07) is 9.63. The number of aliphatic imine (C=N–C) groups is 1. The van der Waals surface area contributed by atoms with Crippen LogP contribution < -0.4 is 5.43 Å². The Morgan fingerprint density at radius 1 is 1.31 bits per heavy atom. The Morgan fingerprint density at radius 2 is 2.10 bits per heavy atom. The molecule has 1 atom stereocenters. The third-order valence-electron chi connectivity index (χ3n) is 6.36. The molecule has 1 aromatic rings. The van der Waals surface area contributed by atoms with E-state index >= 15 is 0 Å². The summed E-state index contributed by atoms with van der Waals surface area (Å²) >= 11 is 0. The number of rotatable bonds is 4. The lowest BCUT2D eigenvalue weighted by Gasteiger charge is -2.38. The number of amides is 1. The van der Waals surface area contributed by atoms with Crippen LogP contribution in [-0.2, 0) is 15.2 Å². The van der Waals surface area contributed by atoms with Crippen LogP contribution in [-0.4, -0.2) is 41.9 Å². The fourth-order valence-electron chi connectivity index (χ4n) is 4.71. The van der Waals surface area contributed by atoms with Gasteiger partial charge < -0.3 is 9.64 Å². The summed E-state index contributed by atoms with van der Waals surface area (Å²) in [6.07, 6.45) is 9.24. The molecule has 5 rings (SSSR count). The fourth-order valence-corrected chi connectivity index (χ4v) is 4.71. The van der Waals surface area contributed by atoms with Gasteiger partial charge in [0.15, 0.2) is 17.3 Å². The van der Waals surface area contributed by atoms with Gasteiger partial charge in [-0.3, -0.25) is 9.80 Å². The van der Waals surface area contributed by atoms with Crippen LogP contribution in [0.4, 0.5) is 0 Å². The van der Waals surface area contributed by atoms with Crippen molar-refractivity contribution in [3.05, 3.63) is 59.5 Å². The molecule has 3 heterocycles. The molecule has 3 aliphatic heterocycles. The first kappa shape index (κ1) is 18.0. The van der Waals surface area contributed by atoms with Gasteiger partial charge in [-0.05, 0) is 55.5 Å². The number of allylic oxidation sites excluding steroid dienone is 2. The molecule has 0 spiro atoms. The third-order valence-corrected chi connectivity index (χ3v) is 6.36. The number of nitrogens with zero attached hydrogens (tertiary/aromatic N) is 4. The lowest BCUT2D eigenvalue weighted by Crippen LogP contribution is -2.55. The molecule has 7 heteroatoms. The van der Waals surface area contributed by atoms with Gasteiger partial charge in [0.2, 0.25) is 5.91 Å². The lowest BCUT2D eigenvalue weighted by atomic mass is 9.82. The topological polar surface area (TPSA) is 81.0 Å². The van der Waals surface area contributed by atoms with Crippen molar-refractivity contribution in [3.63, 3.8) is 0 Å². The first-order valence-corrected chi connectivity index (χ1v) is 10.0. The molecule has 1 saturated heterocycles. The molecule has 1 amide bonds. The van der Waals surface area contributed by atoms with Crippen molar-refractivity contribution in [1.29, 1.82) is 5.26 Å². The molecule has 0 bridgehead atoms. The Morgan fingerprint density at radius 3 is 2.79 bits per heavy atom. The molecule has 148 valence electrons. The maximum absolute atomic E-state index is 13.7. The zero-order chi connectivity index (χ0) is 20.1. The van der Waals surface area contributed by atoms with E-state index in [1.807, 2.05) is 46.5 Å². The monoisotopic (exact) mass is 389 g/mol. The van der Waals surface area contributed by atoms with Gasteiger partial charge in [-0.25, -0.2) is 4.99 Å². The van der Waals surface area contributed by atoms with Crippen molar-refractivity contribution >= 4 is 11.7 Å². The zero-order valence-electron chi connectivity index (χ0n) is 16.4. The van der Waals surface area contributed by atoms with Gasteiger partial charge in [-0.2, -0.15) is 10.7 Å². The predicted molar refractivity (Wildman–Crippen MR) is 107 cm³/mol. The second kappa shape index (κ2) is 6.46. The molecule has 1 N–H and O–H groups in total. The minimum absolute atomic E-state index is 0.154. The molecule has 1 saturated carbocycles. The maximum Gasteiger partial charge on any atom is 0.233 e. The smallest absolute Gasteiger partial charge is 0.233 e. The highest BCUT2D eigenvalue weighted by Crippen LogP contribution is 2.62. The number of benzene rings is 1. The Balaban J connectivity index is 1.67. The number of hydrogen-bond acceptors (Lipinski definition) is 6. The summed E-state index contributed by atoms with van der Waals surface area (Å²) in [5.41, 5.74) is 3.25. The Kier molecular flexibility index (Phi) is 4.00. The minimum atomic E-state index is -0.971. The molecule has 29 heavy (non-hydrogen) atoms. The van der Waals surface area contributed by atoms with Crippen LogP contribution in [0, 0.1) is 16.7 Å². The van der Waals surface area contributed by atoms with E-state index in [0.29, 0.717) is 17.2 Å². The predicted octanol–water partition coefficient (Wildman–Crippen LogP) is 2.39. The second-order valence-corrected chi connectivity index (χ2v) is 7.98. The summed E-state index contributed by atoms with van der Waals surface area (Å²) in [5, 5.41) is 11.3. The molecular weight excluding hydrogens is 366 g/mol. The van der Waals surface area contributed by atoms with Gasteiger partial charge in [0.05, 0.1) is 24.2 Å². The number of carbonyl (C=O) groups excluding carboxylic acids is 1. The summed E-state index contributed by atoms with van der Waals surface area (Å²) in [4.78, 5) is 20.7. The summed E-state index contributed by atoms with van der Waals surface area (Å²) in [5.74, 6) is 1.45.